The smallest absolute Gasteiger partial charge is 0.119 e. The number of thioether (sulfide) groups is 1. The second-order valence-electron chi connectivity index (χ2n) is 2.62. The number of hydrogen-bond donors (Lipinski definition) is 0. The molecule has 0 bridgehead atoms. The lowest BCUT2D eigenvalue weighted by molar-refractivity contribution is 0.414. The molecule has 62 valence electrons. The van der Waals surface area contributed by atoms with Crippen LogP contribution >= 0.6 is 11.8 Å². The topological polar surface area (TPSA) is 9.23 Å². The van der Waals surface area contributed by atoms with Crippen molar-refractivity contribution in [2.75, 3.05) is 12.9 Å². The molecule has 2 heteroatoms. The molecule has 1 aromatic carbocycles. The maximum absolute atomic E-state index is 5.14. The lowest BCUT2D eigenvalue weighted by atomic mass is 10.2. The Kier molecular flexibility index (Phi) is 2.09. The van der Waals surface area contributed by atoms with Crippen molar-refractivity contribution in [3.63, 3.8) is 0 Å². The molecule has 0 amide bonds. The van der Waals surface area contributed by atoms with E-state index < -0.39 is 0 Å². The van der Waals surface area contributed by atoms with E-state index in [4.69, 9.17) is 4.74 Å². The van der Waals surface area contributed by atoms with E-state index in [2.05, 4.69) is 24.3 Å². The number of ether oxygens (including phenoxy) is 1. The van der Waals surface area contributed by atoms with Gasteiger partial charge >= 0.3 is 0 Å². The van der Waals surface area contributed by atoms with Crippen molar-refractivity contribution in [2.24, 2.45) is 0 Å². The van der Waals surface area contributed by atoms with Gasteiger partial charge in [0.05, 0.1) is 7.11 Å². The van der Waals surface area contributed by atoms with E-state index in [-0.39, 0.29) is 0 Å². The van der Waals surface area contributed by atoms with Gasteiger partial charge in [-0.25, -0.2) is 0 Å². The zero-order chi connectivity index (χ0) is 8.39. The molecule has 2 rings (SSSR count). The number of rotatable bonds is 1. The zero-order valence-corrected chi connectivity index (χ0v) is 7.73. The molecule has 0 N–H and O–H groups in total. The van der Waals surface area contributed by atoms with Crippen LogP contribution < -0.4 is 4.74 Å². The van der Waals surface area contributed by atoms with E-state index in [9.17, 15) is 0 Å². The summed E-state index contributed by atoms with van der Waals surface area (Å²) in [4.78, 5) is 1.35. The van der Waals surface area contributed by atoms with Crippen LogP contribution in [0.25, 0.3) is 6.08 Å². The van der Waals surface area contributed by atoms with Gasteiger partial charge in [0.15, 0.2) is 0 Å². The molecule has 0 aromatic heterocycles. The van der Waals surface area contributed by atoms with Gasteiger partial charge in [-0.1, -0.05) is 12.2 Å². The number of benzene rings is 1. The fraction of sp³-hybridized carbons (Fsp3) is 0.200. The largest absolute Gasteiger partial charge is 0.497 e. The van der Waals surface area contributed by atoms with Crippen molar-refractivity contribution >= 4 is 17.8 Å². The van der Waals surface area contributed by atoms with Gasteiger partial charge in [0, 0.05) is 10.6 Å². The highest BCUT2D eigenvalue weighted by Gasteiger charge is 2.04. The van der Waals surface area contributed by atoms with Crippen LogP contribution in [0.3, 0.4) is 0 Å². The van der Waals surface area contributed by atoms with Gasteiger partial charge in [-0.3, -0.25) is 0 Å². The Morgan fingerprint density at radius 1 is 1.42 bits per heavy atom. The van der Waals surface area contributed by atoms with E-state index in [0.29, 0.717) is 0 Å². The van der Waals surface area contributed by atoms with Crippen molar-refractivity contribution < 1.29 is 4.74 Å². The first-order valence-corrected chi connectivity index (χ1v) is 4.86. The monoisotopic (exact) mass is 178 g/mol. The van der Waals surface area contributed by atoms with Gasteiger partial charge in [0.1, 0.15) is 5.75 Å². The minimum atomic E-state index is 0.931. The highest BCUT2D eigenvalue weighted by Crippen LogP contribution is 2.30. The maximum atomic E-state index is 5.14. The van der Waals surface area contributed by atoms with Crippen LogP contribution in [-0.2, 0) is 0 Å². The molecule has 0 unspecified atom stereocenters. The fourth-order valence-electron chi connectivity index (χ4n) is 1.23. The Morgan fingerprint density at radius 3 is 3.17 bits per heavy atom. The average molecular weight is 178 g/mol. The quantitative estimate of drug-likeness (QED) is 0.654. The molecular weight excluding hydrogens is 168 g/mol. The van der Waals surface area contributed by atoms with Gasteiger partial charge in [-0.05, 0) is 23.8 Å². The van der Waals surface area contributed by atoms with Crippen molar-refractivity contribution in [2.45, 2.75) is 4.90 Å². The van der Waals surface area contributed by atoms with E-state index >= 15 is 0 Å². The number of methoxy groups -OCH3 is 1. The van der Waals surface area contributed by atoms with Crippen LogP contribution in [0.5, 0.6) is 5.75 Å². The molecule has 0 aliphatic carbocycles. The third-order valence-electron chi connectivity index (χ3n) is 1.85. The Labute approximate surface area is 76.4 Å². The summed E-state index contributed by atoms with van der Waals surface area (Å²) in [6, 6.07) is 6.19. The summed E-state index contributed by atoms with van der Waals surface area (Å²) in [5.74, 6) is 2.01. The molecule has 1 aromatic rings. The third-order valence-corrected chi connectivity index (χ3v) is 2.89. The van der Waals surface area contributed by atoms with Gasteiger partial charge in [0.2, 0.25) is 0 Å². The summed E-state index contributed by atoms with van der Waals surface area (Å²) < 4.78 is 5.14. The molecule has 1 heterocycles. The van der Waals surface area contributed by atoms with Crippen LogP contribution in [0.15, 0.2) is 29.2 Å². The summed E-state index contributed by atoms with van der Waals surface area (Å²) in [6.07, 6.45) is 4.32. The molecule has 1 nitrogen and oxygen atoms in total. The van der Waals surface area contributed by atoms with Crippen LogP contribution in [0.2, 0.25) is 0 Å². The second-order valence-corrected chi connectivity index (χ2v) is 3.68. The lowest BCUT2D eigenvalue weighted by Crippen LogP contribution is -1.89. The number of fused-ring (bicyclic) bond motifs is 1. The van der Waals surface area contributed by atoms with Crippen LogP contribution in [-0.4, -0.2) is 12.9 Å². The second kappa shape index (κ2) is 3.23. The normalized spacial score (nSPS) is 14.1. The molecule has 0 radical (unpaired) electrons. The van der Waals surface area contributed by atoms with Gasteiger partial charge < -0.3 is 4.74 Å². The first-order valence-electron chi connectivity index (χ1n) is 3.87. The van der Waals surface area contributed by atoms with Crippen molar-refractivity contribution in [1.29, 1.82) is 0 Å². The van der Waals surface area contributed by atoms with Crippen LogP contribution in [0.1, 0.15) is 5.56 Å². The highest BCUT2D eigenvalue weighted by atomic mass is 32.2. The SMILES string of the molecule is COc1ccc2c(c1)C=CCS2. The predicted molar refractivity (Wildman–Crippen MR) is 52.8 cm³/mol. The van der Waals surface area contributed by atoms with E-state index in [1.165, 1.54) is 10.5 Å². The summed E-state index contributed by atoms with van der Waals surface area (Å²) in [5.41, 5.74) is 1.27. The summed E-state index contributed by atoms with van der Waals surface area (Å²) in [7, 11) is 1.70. The standard InChI is InChI=1S/C10H10OS/c1-11-9-4-5-10-8(7-9)3-2-6-12-10/h2-5,7H,6H2,1H3. The molecule has 1 aliphatic heterocycles. The molecule has 0 atom stereocenters. The summed E-state index contributed by atoms with van der Waals surface area (Å²) in [5, 5.41) is 0. The molecule has 1 aliphatic rings. The van der Waals surface area contributed by atoms with E-state index in [1.54, 1.807) is 7.11 Å². The summed E-state index contributed by atoms with van der Waals surface area (Å²) >= 11 is 1.87. The average Bonchev–Trinajstić information content (AvgIpc) is 2.17. The van der Waals surface area contributed by atoms with Gasteiger partial charge in [-0.2, -0.15) is 0 Å². The number of hydrogen-bond acceptors (Lipinski definition) is 2. The lowest BCUT2D eigenvalue weighted by Gasteiger charge is -2.10. The minimum Gasteiger partial charge on any atom is -0.497 e. The minimum absolute atomic E-state index is 0.931. The molecule has 0 saturated carbocycles. The molecule has 0 fully saturated rings. The van der Waals surface area contributed by atoms with Gasteiger partial charge in [-0.15, -0.1) is 11.8 Å². The Bertz CT molecular complexity index is 318. The Hall–Kier alpha value is -0.890. The fourth-order valence-corrected chi connectivity index (χ4v) is 2.06. The molecule has 12 heavy (non-hydrogen) atoms. The van der Waals surface area contributed by atoms with E-state index in [0.717, 1.165) is 11.5 Å². The van der Waals surface area contributed by atoms with Crippen LogP contribution in [0.4, 0.5) is 0 Å². The predicted octanol–water partition coefficient (Wildman–Crippen LogP) is 2.81. The maximum Gasteiger partial charge on any atom is 0.119 e. The van der Waals surface area contributed by atoms with Crippen molar-refractivity contribution in [3.05, 3.63) is 29.8 Å². The Balaban J connectivity index is 2.44. The van der Waals surface area contributed by atoms with Crippen molar-refractivity contribution in [1.82, 2.24) is 0 Å². The molecule has 0 spiro atoms. The molecular formula is C10H10OS. The first-order chi connectivity index (χ1) is 5.90. The van der Waals surface area contributed by atoms with E-state index in [1.807, 2.05) is 17.8 Å². The van der Waals surface area contributed by atoms with Gasteiger partial charge in [0.25, 0.3) is 0 Å². The highest BCUT2D eigenvalue weighted by molar-refractivity contribution is 7.99. The zero-order valence-electron chi connectivity index (χ0n) is 6.91. The van der Waals surface area contributed by atoms with Crippen molar-refractivity contribution in [3.8, 4) is 5.75 Å². The van der Waals surface area contributed by atoms with Crippen LogP contribution in [0, 0.1) is 0 Å². The molecule has 0 saturated heterocycles. The Morgan fingerprint density at radius 2 is 2.33 bits per heavy atom. The first kappa shape index (κ1) is 7.74. The summed E-state index contributed by atoms with van der Waals surface area (Å²) in [6.45, 7) is 0. The third kappa shape index (κ3) is 1.34.